The second-order valence-corrected chi connectivity index (χ2v) is 39.0. The molecule has 3 N–H and O–H groups in total. The number of methoxy groups -OCH3 is 2. The molecule has 0 aliphatic carbocycles. The van der Waals surface area contributed by atoms with E-state index in [1.54, 1.807) is 97.3 Å². The van der Waals surface area contributed by atoms with Crippen molar-refractivity contribution in [3.05, 3.63) is 308 Å². The average molecular weight is 2150 g/mol. The Balaban J connectivity index is 0.000000152. The minimum atomic E-state index is -0.199. The summed E-state index contributed by atoms with van der Waals surface area (Å²) in [6.45, 7) is 1.55. The maximum absolute atomic E-state index is 11.9. The fraction of sp³-hybridized carbons (Fsp3) is 0.234. The van der Waals surface area contributed by atoms with Gasteiger partial charge in [0.1, 0.15) is 103 Å². The van der Waals surface area contributed by atoms with Crippen molar-refractivity contribution in [2.45, 2.75) is 121 Å². The summed E-state index contributed by atoms with van der Waals surface area (Å²) in [6.07, 6.45) is 25.9. The molecule has 0 spiro atoms. The van der Waals surface area contributed by atoms with Crippen molar-refractivity contribution in [2.75, 3.05) is 49.5 Å². The first-order chi connectivity index (χ1) is 73.3. The number of hydroxylamine groups is 3. The summed E-state index contributed by atoms with van der Waals surface area (Å²) in [5, 5.41) is 33.4. The van der Waals surface area contributed by atoms with E-state index in [0.717, 1.165) is 251 Å². The van der Waals surface area contributed by atoms with Crippen LogP contribution in [0.4, 0.5) is 0 Å². The van der Waals surface area contributed by atoms with Gasteiger partial charge in [0.05, 0.1) is 90.5 Å². The van der Waals surface area contributed by atoms with E-state index in [2.05, 4.69) is 162 Å². The van der Waals surface area contributed by atoms with Crippen LogP contribution in [-0.2, 0) is 129 Å². The van der Waals surface area contributed by atoms with Gasteiger partial charge in [-0.05, 0) is 173 Å². The highest BCUT2D eigenvalue weighted by Gasteiger charge is 2.18. The molecule has 39 heteroatoms. The molecular weight excluding hydrogens is 2040 g/mol. The quantitative estimate of drug-likeness (QED) is 0.0105. The van der Waals surface area contributed by atoms with Crippen LogP contribution >= 0.6 is 80.1 Å². The molecule has 0 aliphatic heterocycles. The van der Waals surface area contributed by atoms with Crippen molar-refractivity contribution < 1.29 is 75.6 Å². The van der Waals surface area contributed by atoms with Gasteiger partial charge in [-0.3, -0.25) is 19.4 Å². The van der Waals surface area contributed by atoms with E-state index in [4.69, 9.17) is 27.5 Å². The Morgan fingerprint density at radius 1 is 0.420 bits per heavy atom. The number of aldehydes is 8. The number of fused-ring (bicyclic) bond motifs is 3. The van der Waals surface area contributed by atoms with Crippen LogP contribution in [0.2, 0.25) is 0 Å². The number of rotatable bonds is 43. The summed E-state index contributed by atoms with van der Waals surface area (Å²) >= 11 is 10.6. The summed E-state index contributed by atoms with van der Waals surface area (Å²) in [6, 6.07) is 60.2. The molecule has 0 aliphatic rings. The first-order valence-electron chi connectivity index (χ1n) is 47.5. The van der Waals surface area contributed by atoms with Crippen molar-refractivity contribution >= 4 is 169 Å². The van der Waals surface area contributed by atoms with Gasteiger partial charge in [-0.25, -0.2) is 44.9 Å². The molecule has 0 bridgehead atoms. The van der Waals surface area contributed by atoms with Gasteiger partial charge < -0.3 is 66.5 Å². The highest BCUT2D eigenvalue weighted by atomic mass is 32.2. The summed E-state index contributed by atoms with van der Waals surface area (Å²) in [4.78, 5) is 145. The minimum absolute atomic E-state index is 0.199. The molecule has 0 saturated heterocycles. The fourth-order valence-corrected chi connectivity index (χ4v) is 19.8. The van der Waals surface area contributed by atoms with Crippen LogP contribution in [0.3, 0.4) is 0 Å². The molecule has 19 rings (SSSR count). The molecular formula is C111H112N16O16S7. The number of aromatic amines is 2. The largest absolute Gasteiger partial charge is 0.467 e. The molecule has 1 amide bonds. The standard InChI is InChI=1S/C16H19NO2.C15H16N2O3S.C15H16O3.C14H13N3OS.C14H12N2OS.C13H11N3OS.C13H14N2O3S2.C11H11N3O2S/c1-17(2)12-13-5-7-14(8-6-13)16-10-9-15(19-16)4-3-11-18;1-17(20-2)15(19)12-7-5-11(6-8-12)14-16-13(10-21-14)4-3-9-18;1-17-11-12-4-6-13(7-5-12)15-9-8-14(18-15)3-2-10-16;1-17-13-5-4-10(7-11(13)8-15-17)14-16-12(9-19-14)3-2-6-18;17-7-1-2-12-9-18-14(16-12)11-3-4-13-10(8-11)5-6-15-13;17-5-1-2-11-8-18-13(15-11)9-3-4-12-10(6-9)7-14-16-12;1-14-17-18-20-12-6-4-10(5-7-12)13-15-11(9-19-13)3-2-8-16;1-16-11-12-5-8(6-13-11)10-14-9(7-17-10)3-2-4-15/h5-11H,3-4,12H2,1-2H3;5-10H,3-4H2,1-2H3;4-10H,2-3,11H2,1H3;4-9H,2-3H2,1H3;3-9,15H,1-2H2;3-8H,1-2H2,(H,14,16);4-9,14H,2-3H2,1H3;4-7H,2-3H2,1H3. The minimum Gasteiger partial charge on any atom is -0.467 e. The third kappa shape index (κ3) is 35.7. The van der Waals surface area contributed by atoms with Gasteiger partial charge in [0.2, 0.25) is 0 Å². The Bertz CT molecular complexity index is 7270. The van der Waals surface area contributed by atoms with Gasteiger partial charge in [0.25, 0.3) is 5.91 Å². The molecule has 0 atom stereocenters. The molecule has 19 aromatic rings. The molecule has 0 radical (unpaired) electrons. The smallest absolute Gasteiger partial charge is 0.316 e. The van der Waals surface area contributed by atoms with E-state index in [-0.39, 0.29) is 5.91 Å². The zero-order valence-electron chi connectivity index (χ0n) is 83.7. The number of ether oxygens (including phenoxy) is 2. The van der Waals surface area contributed by atoms with Gasteiger partial charge in [0, 0.05) is 227 Å². The van der Waals surface area contributed by atoms with Gasteiger partial charge in [-0.15, -0.1) is 77.3 Å². The van der Waals surface area contributed by atoms with Gasteiger partial charge in [0.15, 0.2) is 0 Å². The van der Waals surface area contributed by atoms with Crippen LogP contribution in [0, 0.1) is 0 Å². The molecule has 12 aromatic heterocycles. The number of nitrogens with one attached hydrogen (secondary N) is 3. The normalized spacial score (nSPS) is 10.7. The number of aromatic nitrogens is 13. The van der Waals surface area contributed by atoms with Crippen molar-refractivity contribution in [2.24, 2.45) is 7.05 Å². The molecule has 32 nitrogen and oxygen atoms in total. The van der Waals surface area contributed by atoms with E-state index >= 15 is 0 Å². The molecule has 7 aromatic carbocycles. The average Bonchev–Trinajstić information content (AvgIpc) is 1.66. The number of furan rings is 2. The number of H-pyrrole nitrogens is 2. The lowest BCUT2D eigenvalue weighted by molar-refractivity contribution is -0.237. The number of nitrogens with zero attached hydrogens (tertiary/aromatic N) is 13. The summed E-state index contributed by atoms with van der Waals surface area (Å²) in [7, 11) is 13.9. The third-order valence-corrected chi connectivity index (χ3v) is 28.1. The van der Waals surface area contributed by atoms with E-state index in [9.17, 15) is 43.2 Å². The van der Waals surface area contributed by atoms with Gasteiger partial charge >= 0.3 is 6.01 Å². The van der Waals surface area contributed by atoms with Crippen molar-refractivity contribution in [3.8, 4) is 92.1 Å². The van der Waals surface area contributed by atoms with Gasteiger partial charge in [-0.2, -0.15) is 15.7 Å². The van der Waals surface area contributed by atoms with E-state index in [1.807, 2.05) is 153 Å². The second kappa shape index (κ2) is 61.8. The number of aryl methyl sites for hydroxylation is 9. The maximum atomic E-state index is 11.9. The maximum Gasteiger partial charge on any atom is 0.316 e. The molecule has 0 saturated carbocycles. The highest BCUT2D eigenvalue weighted by Crippen LogP contribution is 2.35. The highest BCUT2D eigenvalue weighted by molar-refractivity contribution is 7.94. The van der Waals surface area contributed by atoms with Gasteiger partial charge in [-0.1, -0.05) is 72.8 Å². The predicted octanol–water partition coefficient (Wildman–Crippen LogP) is 22.8. The van der Waals surface area contributed by atoms with Crippen LogP contribution in [0.1, 0.15) is 119 Å². The van der Waals surface area contributed by atoms with E-state index in [1.165, 1.54) is 52.9 Å². The van der Waals surface area contributed by atoms with Crippen LogP contribution in [0.25, 0.3) is 119 Å². The Hall–Kier alpha value is -14.8. The number of carbonyl (C=O) groups excluding carboxylic acids is 9. The second-order valence-electron chi connectivity index (χ2n) is 33.1. The monoisotopic (exact) mass is 2150 g/mol. The Morgan fingerprint density at radius 2 is 0.813 bits per heavy atom. The first-order valence-corrected chi connectivity index (χ1v) is 53.5. The summed E-state index contributed by atoms with van der Waals surface area (Å²) in [5.41, 5.74) is 22.7. The van der Waals surface area contributed by atoms with Crippen LogP contribution in [0.15, 0.2) is 259 Å². The lowest BCUT2D eigenvalue weighted by Crippen LogP contribution is -2.25. The van der Waals surface area contributed by atoms with Crippen LogP contribution < -0.4 is 10.2 Å². The first kappa shape index (κ1) is 114. The molecule has 150 heavy (non-hydrogen) atoms. The Kier molecular flexibility index (Phi) is 47.0. The Morgan fingerprint density at radius 3 is 1.24 bits per heavy atom. The van der Waals surface area contributed by atoms with Crippen LogP contribution in [0.5, 0.6) is 6.01 Å². The molecule has 0 unspecified atom stereocenters. The van der Waals surface area contributed by atoms with Crippen molar-refractivity contribution in [1.29, 1.82) is 0 Å². The number of thiazole rings is 6. The van der Waals surface area contributed by atoms with Crippen molar-refractivity contribution in [1.82, 2.24) is 80.3 Å². The lowest BCUT2D eigenvalue weighted by Gasteiger charge is -2.13. The number of carbonyl (C=O) groups is 9. The number of hydrogen-bond acceptors (Lipinski definition) is 35. The Labute approximate surface area is 895 Å². The van der Waals surface area contributed by atoms with Crippen molar-refractivity contribution in [3.63, 3.8) is 0 Å². The predicted molar refractivity (Wildman–Crippen MR) is 591 cm³/mol. The zero-order chi connectivity index (χ0) is 106. The molecule has 0 fully saturated rings. The van der Waals surface area contributed by atoms with E-state index < -0.39 is 0 Å². The summed E-state index contributed by atoms with van der Waals surface area (Å²) in [5.74, 6) is 3.20. The fourth-order valence-electron chi connectivity index (χ4n) is 14.2. The summed E-state index contributed by atoms with van der Waals surface area (Å²) < 4.78 is 28.0. The molecule has 774 valence electrons. The topological polar surface area (TPSA) is 410 Å². The lowest BCUT2D eigenvalue weighted by atomic mass is 10.1. The molecule has 12 heterocycles. The number of hydrogen-bond donors (Lipinski definition) is 3. The zero-order valence-corrected chi connectivity index (χ0v) is 89.4. The third-order valence-electron chi connectivity index (χ3n) is 21.9. The van der Waals surface area contributed by atoms with E-state index in [0.29, 0.717) is 108 Å². The number of amides is 1. The van der Waals surface area contributed by atoms with Crippen LogP contribution in [-0.4, -0.2) is 181 Å². The SMILES string of the molecule is CN(C)Cc1ccc(-c2ccc(CCC=O)o2)cc1.CNOOSc1ccc(-c2nc(CCC=O)cs2)cc1.COCc1ccc(-c2ccc(CCC=O)o2)cc1.CON(C)C(=O)c1ccc(-c2nc(CCC=O)cs2)cc1.COc1ncc(-c2nc(CCC=O)cs2)cn1.Cn1ncc2cc(-c3nc(CCC=O)cs3)ccc21.O=CCCc1csc(-c2ccc3[nH]ccc3c2)n1.O=CCCc1csc(-c2ccc3[nH]ncc3c2)n1. The number of benzene rings is 7.